The van der Waals surface area contributed by atoms with Gasteiger partial charge in [0.15, 0.2) is 0 Å². The van der Waals surface area contributed by atoms with Gasteiger partial charge in [0.05, 0.1) is 39.5 Å². The number of benzene rings is 1. The molecule has 0 radical (unpaired) electrons. The molecule has 0 aliphatic rings. The maximum Gasteiger partial charge on any atom is 0.490 e. The minimum atomic E-state index is -5.08. The molecule has 0 atom stereocenters. The normalized spacial score (nSPS) is 11.2. The maximum atomic E-state index is 12.8. The molecule has 5 N–H and O–H groups in total. The molecule has 0 unspecified atom stereocenters. The highest BCUT2D eigenvalue weighted by atomic mass is 32.1. The van der Waals surface area contributed by atoms with Crippen LogP contribution in [0.5, 0.6) is 0 Å². The quantitative estimate of drug-likeness (QED) is 0.340. The molecule has 0 saturated carbocycles. The number of rotatable bonds is 5. The number of aliphatic carboxylic acids is 1. The number of aromatic nitrogens is 4. The highest BCUT2D eigenvalue weighted by molar-refractivity contribution is 7.17. The van der Waals surface area contributed by atoms with E-state index in [-0.39, 0.29) is 5.91 Å². The first-order valence-electron chi connectivity index (χ1n) is 9.31. The van der Waals surface area contributed by atoms with E-state index in [1.54, 1.807) is 17.9 Å². The Kier molecular flexibility index (Phi) is 7.08. The Morgan fingerprint density at radius 3 is 2.64 bits per heavy atom. The Bertz CT molecular complexity index is 1300. The van der Waals surface area contributed by atoms with Gasteiger partial charge in [-0.2, -0.15) is 13.2 Å². The van der Waals surface area contributed by atoms with E-state index in [0.29, 0.717) is 35.8 Å². The number of nitrogens with two attached hydrogens (primary N) is 1. The van der Waals surface area contributed by atoms with Crippen molar-refractivity contribution in [1.29, 1.82) is 0 Å². The van der Waals surface area contributed by atoms with Gasteiger partial charge in [-0.3, -0.25) is 4.79 Å². The third kappa shape index (κ3) is 5.53. The molecular formula is C19H18F3N7O3S. The molecule has 33 heavy (non-hydrogen) atoms. The van der Waals surface area contributed by atoms with Gasteiger partial charge < -0.3 is 26.0 Å². The van der Waals surface area contributed by atoms with Crippen LogP contribution < -0.4 is 16.4 Å². The molecule has 3 heterocycles. The van der Waals surface area contributed by atoms with Crippen LogP contribution in [-0.4, -0.2) is 55.8 Å². The summed E-state index contributed by atoms with van der Waals surface area (Å²) in [6, 6.07) is 5.69. The number of hydrogen-bond donors (Lipinski definition) is 4. The van der Waals surface area contributed by atoms with E-state index in [4.69, 9.17) is 15.6 Å². The van der Waals surface area contributed by atoms with Crippen molar-refractivity contribution in [2.24, 2.45) is 12.8 Å². The van der Waals surface area contributed by atoms with E-state index < -0.39 is 12.1 Å². The third-order valence-corrected chi connectivity index (χ3v) is 5.14. The van der Waals surface area contributed by atoms with Crippen LogP contribution in [0.4, 0.5) is 24.8 Å². The number of thiophene rings is 1. The number of carboxylic acid groups (broad SMARTS) is 1. The van der Waals surface area contributed by atoms with E-state index in [1.165, 1.54) is 11.3 Å². The lowest BCUT2D eigenvalue weighted by Gasteiger charge is -2.06. The van der Waals surface area contributed by atoms with Crippen LogP contribution in [0.2, 0.25) is 0 Å². The second kappa shape index (κ2) is 9.79. The average Bonchev–Trinajstić information content (AvgIpc) is 3.36. The van der Waals surface area contributed by atoms with E-state index in [0.717, 1.165) is 15.7 Å². The van der Waals surface area contributed by atoms with Crippen LogP contribution in [-0.2, 0) is 11.8 Å². The van der Waals surface area contributed by atoms with Gasteiger partial charge in [-0.25, -0.2) is 19.7 Å². The number of imidazole rings is 1. The third-order valence-electron chi connectivity index (χ3n) is 4.23. The molecule has 0 aliphatic carbocycles. The van der Waals surface area contributed by atoms with Crippen LogP contribution in [0.1, 0.15) is 10.4 Å². The number of carbonyl (C=O) groups excluding carboxylic acids is 1. The number of nitrogens with zero attached hydrogens (tertiary/aromatic N) is 4. The Balaban J connectivity index is 0.000000383. The lowest BCUT2D eigenvalue weighted by atomic mass is 10.2. The lowest BCUT2D eigenvalue weighted by molar-refractivity contribution is -0.192. The molecule has 0 fully saturated rings. The van der Waals surface area contributed by atoms with Gasteiger partial charge in [-0.15, -0.1) is 11.3 Å². The highest BCUT2D eigenvalue weighted by Crippen LogP contribution is 2.27. The number of para-hydroxylation sites is 1. The minimum absolute atomic E-state index is 0.224. The standard InChI is InChI=1S/C17H17N7OS.C2HF3O2/c1-24-9-21-15-11(3-2-4-12(15)24)22-16(25)10-8-26-13-7-20-17(19-6-5-18)23-14(10)13;3-2(4,5)1(6)7/h2-4,7-9H,5-6,18H2,1H3,(H,22,25)(H,19,20,23);(H,6,7). The first-order valence-corrected chi connectivity index (χ1v) is 10.2. The lowest BCUT2D eigenvalue weighted by Crippen LogP contribution is -2.21. The zero-order chi connectivity index (χ0) is 24.2. The smallest absolute Gasteiger partial charge is 0.475 e. The first-order chi connectivity index (χ1) is 15.6. The maximum absolute atomic E-state index is 12.8. The number of amides is 1. The van der Waals surface area contributed by atoms with E-state index in [9.17, 15) is 18.0 Å². The number of fused-ring (bicyclic) bond motifs is 2. The average molecular weight is 481 g/mol. The summed E-state index contributed by atoms with van der Waals surface area (Å²) in [5, 5.41) is 14.9. The fraction of sp³-hybridized carbons (Fsp3) is 0.211. The predicted octanol–water partition coefficient (Wildman–Crippen LogP) is 2.83. The van der Waals surface area contributed by atoms with Crippen molar-refractivity contribution in [3.05, 3.63) is 41.7 Å². The SMILES string of the molecule is Cn1cnc2c(NC(=O)c3csc4cnc(NCCN)nc34)cccc21.O=C(O)C(F)(F)F. The molecule has 1 aromatic carbocycles. The molecule has 4 rings (SSSR count). The van der Waals surface area contributed by atoms with E-state index in [1.807, 2.05) is 29.8 Å². The van der Waals surface area contributed by atoms with Crippen LogP contribution in [0, 0.1) is 0 Å². The molecular weight excluding hydrogens is 463 g/mol. The summed E-state index contributed by atoms with van der Waals surface area (Å²) in [4.78, 5) is 34.8. The summed E-state index contributed by atoms with van der Waals surface area (Å²) in [6.45, 7) is 1.05. The Hall–Kier alpha value is -3.78. The topological polar surface area (TPSA) is 148 Å². The summed E-state index contributed by atoms with van der Waals surface area (Å²) < 4.78 is 34.5. The van der Waals surface area contributed by atoms with Crippen molar-refractivity contribution in [3.8, 4) is 0 Å². The van der Waals surface area contributed by atoms with Gasteiger partial charge in [0.1, 0.15) is 5.52 Å². The second-order valence-corrected chi connectivity index (χ2v) is 7.47. The van der Waals surface area contributed by atoms with E-state index in [2.05, 4.69) is 25.6 Å². The molecule has 0 aliphatic heterocycles. The first kappa shape index (κ1) is 23.9. The number of hydrogen-bond acceptors (Lipinski definition) is 8. The molecule has 14 heteroatoms. The summed E-state index contributed by atoms with van der Waals surface area (Å²) in [5.41, 5.74) is 9.00. The number of anilines is 2. The summed E-state index contributed by atoms with van der Waals surface area (Å²) in [5.74, 6) is -2.52. The van der Waals surface area contributed by atoms with Gasteiger partial charge in [0, 0.05) is 25.5 Å². The number of carbonyl (C=O) groups is 2. The molecule has 1 amide bonds. The molecule has 4 aromatic rings. The van der Waals surface area contributed by atoms with Crippen LogP contribution in [0.25, 0.3) is 21.3 Å². The van der Waals surface area contributed by atoms with Crippen molar-refractivity contribution in [2.45, 2.75) is 6.18 Å². The van der Waals surface area contributed by atoms with E-state index >= 15 is 0 Å². The number of carboxylic acids is 1. The molecule has 0 saturated heterocycles. The van der Waals surface area contributed by atoms with Crippen LogP contribution >= 0.6 is 11.3 Å². The fourth-order valence-electron chi connectivity index (χ4n) is 2.71. The summed E-state index contributed by atoms with van der Waals surface area (Å²) >= 11 is 1.44. The summed E-state index contributed by atoms with van der Waals surface area (Å²) in [7, 11) is 1.92. The molecule has 0 spiro atoms. The minimum Gasteiger partial charge on any atom is -0.475 e. The monoisotopic (exact) mass is 481 g/mol. The zero-order valence-corrected chi connectivity index (χ0v) is 17.9. The molecule has 0 bridgehead atoms. The Morgan fingerprint density at radius 2 is 1.97 bits per heavy atom. The fourth-order valence-corrected chi connectivity index (χ4v) is 3.55. The van der Waals surface area contributed by atoms with Gasteiger partial charge in [-0.05, 0) is 12.1 Å². The number of alkyl halides is 3. The number of nitrogens with one attached hydrogen (secondary N) is 2. The number of aryl methyl sites for hydroxylation is 1. The van der Waals surface area contributed by atoms with Crippen molar-refractivity contribution in [1.82, 2.24) is 19.5 Å². The summed E-state index contributed by atoms with van der Waals surface area (Å²) in [6.07, 6.45) is -1.65. The molecule has 174 valence electrons. The van der Waals surface area contributed by atoms with Crippen molar-refractivity contribution in [3.63, 3.8) is 0 Å². The van der Waals surface area contributed by atoms with Crippen molar-refractivity contribution >= 4 is 56.1 Å². The van der Waals surface area contributed by atoms with Gasteiger partial charge in [-0.1, -0.05) is 6.07 Å². The van der Waals surface area contributed by atoms with Crippen LogP contribution in [0.3, 0.4) is 0 Å². The van der Waals surface area contributed by atoms with Crippen molar-refractivity contribution in [2.75, 3.05) is 23.7 Å². The van der Waals surface area contributed by atoms with Gasteiger partial charge in [0.25, 0.3) is 5.91 Å². The molecule has 10 nitrogen and oxygen atoms in total. The molecule has 3 aromatic heterocycles. The Morgan fingerprint density at radius 1 is 1.24 bits per heavy atom. The number of halogens is 3. The van der Waals surface area contributed by atoms with Gasteiger partial charge >= 0.3 is 12.1 Å². The Labute approximate surface area is 188 Å². The highest BCUT2D eigenvalue weighted by Gasteiger charge is 2.38. The largest absolute Gasteiger partial charge is 0.490 e. The predicted molar refractivity (Wildman–Crippen MR) is 117 cm³/mol. The van der Waals surface area contributed by atoms with Gasteiger partial charge in [0.2, 0.25) is 5.95 Å². The second-order valence-electron chi connectivity index (χ2n) is 6.56. The van der Waals surface area contributed by atoms with Crippen molar-refractivity contribution < 1.29 is 27.9 Å². The van der Waals surface area contributed by atoms with Crippen LogP contribution in [0.15, 0.2) is 36.1 Å². The zero-order valence-electron chi connectivity index (χ0n) is 17.1.